The molecule has 1 fully saturated rings. The van der Waals surface area contributed by atoms with Crippen LogP contribution in [0.5, 0.6) is 0 Å². The molecule has 0 bridgehead atoms. The van der Waals surface area contributed by atoms with E-state index in [9.17, 15) is 18.0 Å². The van der Waals surface area contributed by atoms with Crippen LogP contribution in [0.25, 0.3) is 0 Å². The van der Waals surface area contributed by atoms with Crippen molar-refractivity contribution in [1.29, 1.82) is 0 Å². The Balaban J connectivity index is 1.62. The topological polar surface area (TPSA) is 143 Å². The number of benzene rings is 1. The Morgan fingerprint density at radius 3 is 2.68 bits per heavy atom. The van der Waals surface area contributed by atoms with Crippen molar-refractivity contribution in [3.05, 3.63) is 40.4 Å². The van der Waals surface area contributed by atoms with E-state index in [0.29, 0.717) is 22.1 Å². The van der Waals surface area contributed by atoms with E-state index in [1.54, 1.807) is 11.4 Å². The zero-order valence-corrected chi connectivity index (χ0v) is 18.9. The number of nitrogens with two attached hydrogens (primary N) is 1. The maximum Gasteiger partial charge on any atom is 0.325 e. The number of Topliss-reactive ketones (excluding diaryl/α,β-unsaturated/α-hetero) is 1. The van der Waals surface area contributed by atoms with Crippen LogP contribution in [0.4, 0.5) is 15.6 Å². The largest absolute Gasteiger partial charge is 0.329 e. The molecule has 9 nitrogen and oxygen atoms in total. The molecule has 1 aromatic heterocycles. The average Bonchev–Trinajstić information content (AvgIpc) is 3.39. The Bertz CT molecular complexity index is 1050. The van der Waals surface area contributed by atoms with Crippen molar-refractivity contribution in [3.63, 3.8) is 0 Å². The summed E-state index contributed by atoms with van der Waals surface area (Å²) in [5.41, 5.74) is 7.69. The fourth-order valence-corrected chi connectivity index (χ4v) is 5.01. The molecule has 11 heteroatoms. The van der Waals surface area contributed by atoms with E-state index >= 15 is 0 Å². The molecule has 1 heterocycles. The Morgan fingerprint density at radius 2 is 1.97 bits per heavy atom. The SMILES string of the molecule is Cc1ccc(NC(=O)Nc2nc(CNS(=O)(=O)CCN)cs2)c(C(=O)C2CCCC2)c1. The summed E-state index contributed by atoms with van der Waals surface area (Å²) in [5.74, 6) is -0.0869. The molecule has 5 N–H and O–H groups in total. The summed E-state index contributed by atoms with van der Waals surface area (Å²) in [4.78, 5) is 29.6. The lowest BCUT2D eigenvalue weighted by Gasteiger charge is -2.14. The summed E-state index contributed by atoms with van der Waals surface area (Å²) < 4.78 is 25.8. The van der Waals surface area contributed by atoms with Crippen LogP contribution in [0.1, 0.15) is 47.3 Å². The molecule has 1 aromatic carbocycles. The zero-order valence-electron chi connectivity index (χ0n) is 17.3. The number of thiazole rings is 1. The fourth-order valence-electron chi connectivity index (χ4n) is 3.49. The first-order valence-electron chi connectivity index (χ1n) is 10.1. The first-order valence-corrected chi connectivity index (χ1v) is 12.7. The Morgan fingerprint density at radius 1 is 1.23 bits per heavy atom. The average molecular weight is 466 g/mol. The molecule has 1 saturated carbocycles. The van der Waals surface area contributed by atoms with Gasteiger partial charge in [-0.2, -0.15) is 0 Å². The number of amides is 2. The van der Waals surface area contributed by atoms with Crippen LogP contribution in [-0.4, -0.2) is 37.5 Å². The lowest BCUT2D eigenvalue weighted by atomic mass is 9.94. The summed E-state index contributed by atoms with van der Waals surface area (Å²) >= 11 is 1.18. The number of urea groups is 1. The first-order chi connectivity index (χ1) is 14.8. The normalized spacial score (nSPS) is 14.5. The third kappa shape index (κ3) is 6.57. The molecular formula is C20H27N5O4S2. The highest BCUT2D eigenvalue weighted by molar-refractivity contribution is 7.89. The molecular weight excluding hydrogens is 438 g/mol. The van der Waals surface area contributed by atoms with E-state index in [1.165, 1.54) is 11.3 Å². The van der Waals surface area contributed by atoms with Gasteiger partial charge in [0.2, 0.25) is 10.0 Å². The van der Waals surface area contributed by atoms with Crippen LogP contribution in [0.2, 0.25) is 0 Å². The first kappa shape index (κ1) is 23.3. The quantitative estimate of drug-likeness (QED) is 0.419. The number of anilines is 2. The van der Waals surface area contributed by atoms with Crippen LogP contribution >= 0.6 is 11.3 Å². The Labute approximate surface area is 185 Å². The summed E-state index contributed by atoms with van der Waals surface area (Å²) in [7, 11) is -3.45. The number of carbonyl (C=O) groups is 2. The predicted molar refractivity (Wildman–Crippen MR) is 122 cm³/mol. The van der Waals surface area contributed by atoms with Crippen molar-refractivity contribution < 1.29 is 18.0 Å². The summed E-state index contributed by atoms with van der Waals surface area (Å²) in [5, 5.41) is 7.35. The monoisotopic (exact) mass is 465 g/mol. The Kier molecular flexibility index (Phi) is 7.76. The molecule has 3 rings (SSSR count). The second-order valence-corrected chi connectivity index (χ2v) is 10.3. The van der Waals surface area contributed by atoms with E-state index < -0.39 is 16.1 Å². The van der Waals surface area contributed by atoms with Crippen LogP contribution in [0, 0.1) is 12.8 Å². The van der Waals surface area contributed by atoms with Crippen LogP contribution in [-0.2, 0) is 16.6 Å². The minimum Gasteiger partial charge on any atom is -0.329 e. The third-order valence-electron chi connectivity index (χ3n) is 5.05. The van der Waals surface area contributed by atoms with E-state index in [-0.39, 0.29) is 30.5 Å². The standard InChI is InChI=1S/C20H27N5O4S2/c1-13-6-7-17(16(10-13)18(26)14-4-2-3-5-14)24-19(27)25-20-23-15(12-30-20)11-22-31(28,29)9-8-21/h6-7,10,12,14,22H,2-5,8-9,11,21H2,1H3,(H2,23,24,25,27). The molecule has 2 amide bonds. The van der Waals surface area contributed by atoms with Gasteiger partial charge in [-0.15, -0.1) is 11.3 Å². The highest BCUT2D eigenvalue weighted by Crippen LogP contribution is 2.31. The molecule has 168 valence electrons. The highest BCUT2D eigenvalue weighted by Gasteiger charge is 2.26. The maximum absolute atomic E-state index is 12.9. The highest BCUT2D eigenvalue weighted by atomic mass is 32.2. The number of rotatable bonds is 9. The van der Waals surface area contributed by atoms with Crippen molar-refractivity contribution in [3.8, 4) is 0 Å². The maximum atomic E-state index is 12.9. The van der Waals surface area contributed by atoms with Crippen molar-refractivity contribution in [2.24, 2.45) is 11.7 Å². The molecule has 1 aliphatic carbocycles. The minimum atomic E-state index is -3.45. The van der Waals surface area contributed by atoms with Gasteiger partial charge in [-0.05, 0) is 31.9 Å². The molecule has 0 spiro atoms. The van der Waals surface area contributed by atoms with Gasteiger partial charge in [-0.3, -0.25) is 10.1 Å². The van der Waals surface area contributed by atoms with Gasteiger partial charge in [0.05, 0.1) is 23.7 Å². The van der Waals surface area contributed by atoms with Crippen molar-refractivity contribution in [2.75, 3.05) is 22.9 Å². The zero-order chi connectivity index (χ0) is 22.4. The smallest absolute Gasteiger partial charge is 0.325 e. The minimum absolute atomic E-state index is 0.00924. The van der Waals surface area contributed by atoms with Crippen LogP contribution < -0.4 is 21.1 Å². The second kappa shape index (κ2) is 10.3. The number of hydrogen-bond acceptors (Lipinski definition) is 7. The lowest BCUT2D eigenvalue weighted by Crippen LogP contribution is -2.29. The van der Waals surface area contributed by atoms with E-state index in [4.69, 9.17) is 5.73 Å². The fraction of sp³-hybridized carbons (Fsp3) is 0.450. The second-order valence-electron chi connectivity index (χ2n) is 7.55. The number of aryl methyl sites for hydroxylation is 1. The van der Waals surface area contributed by atoms with Gasteiger partial charge in [0.25, 0.3) is 0 Å². The number of carbonyl (C=O) groups excluding carboxylic acids is 2. The molecule has 2 aromatic rings. The van der Waals surface area contributed by atoms with Gasteiger partial charge >= 0.3 is 6.03 Å². The number of nitrogens with one attached hydrogen (secondary N) is 3. The van der Waals surface area contributed by atoms with Crippen molar-refractivity contribution >= 4 is 44.0 Å². The van der Waals surface area contributed by atoms with Gasteiger partial charge in [0.15, 0.2) is 10.9 Å². The van der Waals surface area contributed by atoms with E-state index in [2.05, 4.69) is 20.3 Å². The van der Waals surface area contributed by atoms with Gasteiger partial charge < -0.3 is 11.1 Å². The van der Waals surface area contributed by atoms with E-state index in [0.717, 1.165) is 31.2 Å². The molecule has 0 atom stereocenters. The van der Waals surface area contributed by atoms with Crippen molar-refractivity contribution in [2.45, 2.75) is 39.2 Å². The summed E-state index contributed by atoms with van der Waals surface area (Å²) in [6.07, 6.45) is 3.88. The number of hydrogen-bond donors (Lipinski definition) is 4. The van der Waals surface area contributed by atoms with E-state index in [1.807, 2.05) is 19.1 Å². The number of sulfonamides is 1. The van der Waals surface area contributed by atoms with Crippen molar-refractivity contribution in [1.82, 2.24) is 9.71 Å². The van der Waals surface area contributed by atoms with Gasteiger partial charge in [0.1, 0.15) is 0 Å². The lowest BCUT2D eigenvalue weighted by molar-refractivity contribution is 0.0923. The van der Waals surface area contributed by atoms with Crippen LogP contribution in [0.3, 0.4) is 0 Å². The number of aromatic nitrogens is 1. The number of ketones is 1. The molecule has 0 radical (unpaired) electrons. The van der Waals surface area contributed by atoms with Gasteiger partial charge in [-0.25, -0.2) is 22.9 Å². The van der Waals surface area contributed by atoms with Crippen LogP contribution in [0.15, 0.2) is 23.6 Å². The molecule has 1 aliphatic rings. The molecule has 0 saturated heterocycles. The molecule has 0 aliphatic heterocycles. The van der Waals surface area contributed by atoms with Gasteiger partial charge in [0, 0.05) is 23.4 Å². The molecule has 0 unspecified atom stereocenters. The number of nitrogens with zero attached hydrogens (tertiary/aromatic N) is 1. The summed E-state index contributed by atoms with van der Waals surface area (Å²) in [6, 6.07) is 4.87. The summed E-state index contributed by atoms with van der Waals surface area (Å²) in [6.45, 7) is 1.96. The van der Waals surface area contributed by atoms with Gasteiger partial charge in [-0.1, -0.05) is 24.5 Å². The molecule has 31 heavy (non-hydrogen) atoms. The third-order valence-corrected chi connectivity index (χ3v) is 7.21. The predicted octanol–water partition coefficient (Wildman–Crippen LogP) is 2.85. The Hall–Kier alpha value is -2.34.